The predicted octanol–water partition coefficient (Wildman–Crippen LogP) is 1.92. The summed E-state index contributed by atoms with van der Waals surface area (Å²) in [6.45, 7) is 10.3. The first kappa shape index (κ1) is 11.2. The third-order valence-electron chi connectivity index (χ3n) is 3.20. The molecule has 0 atom stereocenters. The zero-order chi connectivity index (χ0) is 11.1. The van der Waals surface area contributed by atoms with Gasteiger partial charge in [0, 0.05) is 12.2 Å². The van der Waals surface area contributed by atoms with Gasteiger partial charge >= 0.3 is 0 Å². The zero-order valence-electron chi connectivity index (χ0n) is 9.42. The van der Waals surface area contributed by atoms with Crippen LogP contribution in [0.3, 0.4) is 0 Å². The molecule has 0 saturated heterocycles. The molecule has 2 amide bonds. The standard InChI is InChI=1S/C10H17NO2Si/c1-10(2,3)14(4,5)11-8(12)6-7-9(11)13/h6-7H,1-5H3. The number of nitrogens with zero attached hydrogens (tertiary/aromatic N) is 1. The fourth-order valence-electron chi connectivity index (χ4n) is 1.29. The van der Waals surface area contributed by atoms with Gasteiger partial charge in [-0.1, -0.05) is 33.9 Å². The summed E-state index contributed by atoms with van der Waals surface area (Å²) in [5, 5.41) is 0.00431. The first-order valence-corrected chi connectivity index (χ1v) is 7.69. The topological polar surface area (TPSA) is 37.4 Å². The lowest BCUT2D eigenvalue weighted by Crippen LogP contribution is -2.57. The van der Waals surface area contributed by atoms with E-state index in [-0.39, 0.29) is 16.9 Å². The van der Waals surface area contributed by atoms with E-state index >= 15 is 0 Å². The largest absolute Gasteiger partial charge is 0.304 e. The molecule has 78 valence electrons. The number of hydrogen-bond donors (Lipinski definition) is 0. The van der Waals surface area contributed by atoms with Gasteiger partial charge < -0.3 is 4.57 Å². The van der Waals surface area contributed by atoms with Gasteiger partial charge in [-0.25, -0.2) is 0 Å². The average molecular weight is 211 g/mol. The molecule has 0 aromatic rings. The Kier molecular flexibility index (Phi) is 2.43. The SMILES string of the molecule is CC(C)(C)[Si](C)(C)N1C(=O)C=CC1=O. The van der Waals surface area contributed by atoms with Crippen molar-refractivity contribution < 1.29 is 9.59 Å². The highest BCUT2D eigenvalue weighted by Gasteiger charge is 2.47. The highest BCUT2D eigenvalue weighted by Crippen LogP contribution is 2.39. The Morgan fingerprint density at radius 3 is 1.71 bits per heavy atom. The maximum absolute atomic E-state index is 11.5. The summed E-state index contributed by atoms with van der Waals surface area (Å²) in [7, 11) is -2.03. The van der Waals surface area contributed by atoms with E-state index in [0.717, 1.165) is 0 Å². The van der Waals surface area contributed by atoms with Crippen LogP contribution in [0.25, 0.3) is 0 Å². The van der Waals surface area contributed by atoms with Crippen LogP contribution in [-0.4, -0.2) is 24.6 Å². The van der Waals surface area contributed by atoms with E-state index in [0.29, 0.717) is 0 Å². The van der Waals surface area contributed by atoms with Gasteiger partial charge in [-0.15, -0.1) is 0 Å². The molecular weight excluding hydrogens is 194 g/mol. The highest BCUT2D eigenvalue weighted by molar-refractivity contribution is 6.82. The van der Waals surface area contributed by atoms with E-state index in [2.05, 4.69) is 33.9 Å². The van der Waals surface area contributed by atoms with Crippen molar-refractivity contribution in [2.45, 2.75) is 38.9 Å². The molecule has 0 N–H and O–H groups in total. The Balaban J connectivity index is 3.06. The molecule has 1 rings (SSSR count). The Bertz CT molecular complexity index is 295. The minimum atomic E-state index is -2.03. The van der Waals surface area contributed by atoms with Crippen LogP contribution in [0.5, 0.6) is 0 Å². The third-order valence-corrected chi connectivity index (χ3v) is 8.43. The smallest absolute Gasteiger partial charge is 0.245 e. The lowest BCUT2D eigenvalue weighted by Gasteiger charge is -2.42. The molecule has 0 spiro atoms. The van der Waals surface area contributed by atoms with Crippen LogP contribution in [0.2, 0.25) is 18.1 Å². The van der Waals surface area contributed by atoms with Gasteiger partial charge in [-0.2, -0.15) is 0 Å². The Morgan fingerprint density at radius 1 is 1.07 bits per heavy atom. The summed E-state index contributed by atoms with van der Waals surface area (Å²) >= 11 is 0. The van der Waals surface area contributed by atoms with Gasteiger partial charge in [-0.3, -0.25) is 9.59 Å². The van der Waals surface area contributed by atoms with Crippen LogP contribution in [0, 0.1) is 0 Å². The van der Waals surface area contributed by atoms with E-state index in [1.165, 1.54) is 16.7 Å². The summed E-state index contributed by atoms with van der Waals surface area (Å²) in [5.41, 5.74) is 0. The second-order valence-electron chi connectivity index (χ2n) is 5.15. The summed E-state index contributed by atoms with van der Waals surface area (Å²) < 4.78 is 1.47. The van der Waals surface area contributed by atoms with Crippen LogP contribution in [0.1, 0.15) is 20.8 Å². The molecular formula is C10H17NO2Si. The molecule has 0 aromatic carbocycles. The molecule has 14 heavy (non-hydrogen) atoms. The fraction of sp³-hybridized carbons (Fsp3) is 0.600. The van der Waals surface area contributed by atoms with Gasteiger partial charge in [-0.05, 0) is 5.04 Å². The van der Waals surface area contributed by atoms with E-state index < -0.39 is 8.24 Å². The number of carbonyl (C=O) groups is 2. The second-order valence-corrected chi connectivity index (χ2v) is 10.2. The molecule has 0 aliphatic carbocycles. The average Bonchev–Trinajstić information content (AvgIpc) is 2.28. The summed E-state index contributed by atoms with van der Waals surface area (Å²) in [6.07, 6.45) is 2.73. The lowest BCUT2D eigenvalue weighted by atomic mass is 10.2. The van der Waals surface area contributed by atoms with Gasteiger partial charge in [0.15, 0.2) is 8.24 Å². The van der Waals surface area contributed by atoms with Crippen molar-refractivity contribution in [2.75, 3.05) is 0 Å². The molecule has 0 radical (unpaired) electrons. The number of hydrogen-bond acceptors (Lipinski definition) is 2. The summed E-state index contributed by atoms with van der Waals surface area (Å²) in [6, 6.07) is 0. The van der Waals surface area contributed by atoms with E-state index in [1.807, 2.05) is 0 Å². The van der Waals surface area contributed by atoms with Crippen molar-refractivity contribution in [3.8, 4) is 0 Å². The summed E-state index contributed by atoms with van der Waals surface area (Å²) in [5.74, 6) is -0.303. The molecule has 0 aromatic heterocycles. The van der Waals surface area contributed by atoms with Crippen LogP contribution in [0.15, 0.2) is 12.2 Å². The number of imide groups is 1. The second kappa shape index (κ2) is 3.05. The molecule has 0 bridgehead atoms. The quantitative estimate of drug-likeness (QED) is 0.491. The van der Waals surface area contributed by atoms with E-state index in [4.69, 9.17) is 0 Å². The molecule has 1 aliphatic heterocycles. The predicted molar refractivity (Wildman–Crippen MR) is 58.2 cm³/mol. The summed E-state index contributed by atoms with van der Waals surface area (Å²) in [4.78, 5) is 23.1. The minimum absolute atomic E-state index is 0.00431. The molecule has 3 nitrogen and oxygen atoms in total. The van der Waals surface area contributed by atoms with Crippen molar-refractivity contribution in [1.29, 1.82) is 0 Å². The molecule has 1 heterocycles. The number of rotatable bonds is 1. The molecule has 1 aliphatic rings. The molecule has 0 fully saturated rings. The Morgan fingerprint density at radius 2 is 1.43 bits per heavy atom. The van der Waals surface area contributed by atoms with Crippen molar-refractivity contribution in [2.24, 2.45) is 0 Å². The fourth-order valence-corrected chi connectivity index (χ4v) is 3.21. The van der Waals surface area contributed by atoms with E-state index in [9.17, 15) is 9.59 Å². The molecule has 0 saturated carbocycles. The van der Waals surface area contributed by atoms with E-state index in [1.54, 1.807) is 0 Å². The van der Waals surface area contributed by atoms with Crippen LogP contribution in [-0.2, 0) is 9.59 Å². The van der Waals surface area contributed by atoms with Gasteiger partial charge in [0.2, 0.25) is 11.8 Å². The van der Waals surface area contributed by atoms with Gasteiger partial charge in [0.1, 0.15) is 0 Å². The van der Waals surface area contributed by atoms with Crippen LogP contribution >= 0.6 is 0 Å². The van der Waals surface area contributed by atoms with Crippen LogP contribution < -0.4 is 0 Å². The van der Waals surface area contributed by atoms with Gasteiger partial charge in [0.05, 0.1) is 0 Å². The molecule has 4 heteroatoms. The molecule has 0 unspecified atom stereocenters. The monoisotopic (exact) mass is 211 g/mol. The Labute approximate surface area is 85.9 Å². The third kappa shape index (κ3) is 1.54. The van der Waals surface area contributed by atoms with Crippen molar-refractivity contribution in [3.05, 3.63) is 12.2 Å². The first-order valence-electron chi connectivity index (χ1n) is 4.74. The highest BCUT2D eigenvalue weighted by atomic mass is 28.3. The Hall–Kier alpha value is -0.903. The lowest BCUT2D eigenvalue weighted by molar-refractivity contribution is -0.131. The zero-order valence-corrected chi connectivity index (χ0v) is 10.4. The maximum atomic E-state index is 11.5. The first-order chi connectivity index (χ1) is 6.18. The van der Waals surface area contributed by atoms with Crippen molar-refractivity contribution in [1.82, 2.24) is 4.57 Å². The number of amides is 2. The normalized spacial score (nSPS) is 18.2. The van der Waals surface area contributed by atoms with Crippen molar-refractivity contribution >= 4 is 20.0 Å². The number of carbonyl (C=O) groups excluding carboxylic acids is 2. The van der Waals surface area contributed by atoms with Gasteiger partial charge in [0.25, 0.3) is 0 Å². The minimum Gasteiger partial charge on any atom is -0.304 e. The maximum Gasteiger partial charge on any atom is 0.245 e. The van der Waals surface area contributed by atoms with Crippen LogP contribution in [0.4, 0.5) is 0 Å². The van der Waals surface area contributed by atoms with Crippen molar-refractivity contribution in [3.63, 3.8) is 0 Å².